The molecule has 2 aromatic rings. The lowest BCUT2D eigenvalue weighted by atomic mass is 10.1. The number of alkyl halides is 1. The van der Waals surface area contributed by atoms with E-state index in [4.69, 9.17) is 11.6 Å². The van der Waals surface area contributed by atoms with Crippen LogP contribution in [0.15, 0.2) is 30.6 Å². The third-order valence-electron chi connectivity index (χ3n) is 3.13. The number of hydrogen-bond donors (Lipinski definition) is 0. The summed E-state index contributed by atoms with van der Waals surface area (Å²) in [7, 11) is 3.83. The zero-order valence-electron chi connectivity index (χ0n) is 11.3. The first-order chi connectivity index (χ1) is 9.52. The van der Waals surface area contributed by atoms with E-state index < -0.39 is 4.92 Å². The molecule has 0 bridgehead atoms. The number of rotatable bonds is 5. The predicted octanol–water partition coefficient (Wildman–Crippen LogP) is 2.70. The highest BCUT2D eigenvalue weighted by Gasteiger charge is 2.14. The number of nitro benzene ring substituents is 1. The van der Waals surface area contributed by atoms with Crippen LogP contribution >= 0.6 is 11.6 Å². The lowest BCUT2D eigenvalue weighted by molar-refractivity contribution is -0.384. The minimum Gasteiger partial charge on any atom is -0.367 e. The van der Waals surface area contributed by atoms with Gasteiger partial charge in [0.1, 0.15) is 5.82 Å². The van der Waals surface area contributed by atoms with Crippen molar-refractivity contribution in [1.29, 1.82) is 0 Å². The van der Waals surface area contributed by atoms with Gasteiger partial charge in [-0.25, -0.2) is 4.98 Å². The van der Waals surface area contributed by atoms with Crippen LogP contribution in [0, 0.1) is 10.1 Å². The van der Waals surface area contributed by atoms with Crippen LogP contribution in [0.25, 0.3) is 0 Å². The van der Waals surface area contributed by atoms with Crippen LogP contribution in [0.2, 0.25) is 0 Å². The minimum atomic E-state index is -0.418. The SMILES string of the molecule is CN(Cc1nccn1C)c1ccc([N+](=O)[O-])cc1CCl. The fraction of sp³-hybridized carbons (Fsp3) is 0.308. The summed E-state index contributed by atoms with van der Waals surface area (Å²) in [6.07, 6.45) is 3.61. The quantitative estimate of drug-likeness (QED) is 0.483. The van der Waals surface area contributed by atoms with Crippen molar-refractivity contribution >= 4 is 23.0 Å². The van der Waals surface area contributed by atoms with Crippen molar-refractivity contribution in [3.8, 4) is 0 Å². The third kappa shape index (κ3) is 2.91. The molecule has 7 heteroatoms. The Morgan fingerprint density at radius 3 is 2.80 bits per heavy atom. The van der Waals surface area contributed by atoms with Gasteiger partial charge in [0.25, 0.3) is 5.69 Å². The van der Waals surface area contributed by atoms with E-state index in [1.807, 2.05) is 29.8 Å². The molecule has 20 heavy (non-hydrogen) atoms. The lowest BCUT2D eigenvalue weighted by Gasteiger charge is -2.21. The van der Waals surface area contributed by atoms with Gasteiger partial charge in [-0.2, -0.15) is 0 Å². The molecule has 0 N–H and O–H groups in total. The van der Waals surface area contributed by atoms with Crippen molar-refractivity contribution in [1.82, 2.24) is 9.55 Å². The summed E-state index contributed by atoms with van der Waals surface area (Å²) in [5, 5.41) is 10.8. The largest absolute Gasteiger partial charge is 0.367 e. The Balaban J connectivity index is 2.27. The molecule has 0 atom stereocenters. The smallest absolute Gasteiger partial charge is 0.269 e. The topological polar surface area (TPSA) is 64.2 Å². The van der Waals surface area contributed by atoms with E-state index in [9.17, 15) is 10.1 Å². The zero-order chi connectivity index (χ0) is 14.7. The van der Waals surface area contributed by atoms with Gasteiger partial charge >= 0.3 is 0 Å². The van der Waals surface area contributed by atoms with E-state index in [2.05, 4.69) is 4.98 Å². The molecule has 0 amide bonds. The summed E-state index contributed by atoms with van der Waals surface area (Å²) in [5.41, 5.74) is 1.65. The number of halogens is 1. The average molecular weight is 295 g/mol. The van der Waals surface area contributed by atoms with Crippen molar-refractivity contribution in [3.63, 3.8) is 0 Å². The predicted molar refractivity (Wildman–Crippen MR) is 78.0 cm³/mol. The van der Waals surface area contributed by atoms with E-state index in [1.165, 1.54) is 12.1 Å². The van der Waals surface area contributed by atoms with E-state index in [-0.39, 0.29) is 11.6 Å². The number of benzene rings is 1. The second-order valence-corrected chi connectivity index (χ2v) is 4.78. The van der Waals surface area contributed by atoms with Gasteiger partial charge in [-0.05, 0) is 11.6 Å². The number of aryl methyl sites for hydroxylation is 1. The molecule has 1 aromatic carbocycles. The maximum absolute atomic E-state index is 10.8. The third-order valence-corrected chi connectivity index (χ3v) is 3.42. The van der Waals surface area contributed by atoms with Crippen molar-refractivity contribution in [2.45, 2.75) is 12.4 Å². The maximum Gasteiger partial charge on any atom is 0.269 e. The molecular weight excluding hydrogens is 280 g/mol. The molecule has 1 heterocycles. The Kier molecular flexibility index (Phi) is 4.24. The summed E-state index contributed by atoms with van der Waals surface area (Å²) >= 11 is 5.90. The van der Waals surface area contributed by atoms with E-state index in [0.29, 0.717) is 6.54 Å². The lowest BCUT2D eigenvalue weighted by Crippen LogP contribution is -2.20. The first kappa shape index (κ1) is 14.3. The molecule has 106 valence electrons. The average Bonchev–Trinajstić information content (AvgIpc) is 2.83. The number of aromatic nitrogens is 2. The molecule has 6 nitrogen and oxygen atoms in total. The van der Waals surface area contributed by atoms with Gasteiger partial charge in [0, 0.05) is 50.2 Å². The normalized spacial score (nSPS) is 10.6. The van der Waals surface area contributed by atoms with Gasteiger partial charge in [0.15, 0.2) is 0 Å². The van der Waals surface area contributed by atoms with Gasteiger partial charge in [0.05, 0.1) is 11.5 Å². The fourth-order valence-electron chi connectivity index (χ4n) is 2.01. The number of nitro groups is 1. The monoisotopic (exact) mass is 294 g/mol. The summed E-state index contributed by atoms with van der Waals surface area (Å²) in [4.78, 5) is 16.6. The molecule has 0 fully saturated rings. The Morgan fingerprint density at radius 2 is 2.25 bits per heavy atom. The summed E-state index contributed by atoms with van der Waals surface area (Å²) < 4.78 is 1.93. The number of imidazole rings is 1. The van der Waals surface area contributed by atoms with Gasteiger partial charge in [-0.15, -0.1) is 11.6 Å². The van der Waals surface area contributed by atoms with Crippen LogP contribution in [0.3, 0.4) is 0 Å². The van der Waals surface area contributed by atoms with Gasteiger partial charge in [-0.1, -0.05) is 0 Å². The second kappa shape index (κ2) is 5.92. The van der Waals surface area contributed by atoms with E-state index in [1.54, 1.807) is 12.3 Å². The molecule has 0 saturated carbocycles. The first-order valence-corrected chi connectivity index (χ1v) is 6.57. The molecule has 0 spiro atoms. The molecule has 0 aliphatic carbocycles. The summed E-state index contributed by atoms with van der Waals surface area (Å²) in [5.74, 6) is 1.13. The van der Waals surface area contributed by atoms with E-state index in [0.717, 1.165) is 17.1 Å². The first-order valence-electron chi connectivity index (χ1n) is 6.03. The molecule has 0 aliphatic heterocycles. The molecule has 1 aromatic heterocycles. The fourth-order valence-corrected chi connectivity index (χ4v) is 2.23. The van der Waals surface area contributed by atoms with Crippen LogP contribution in [-0.4, -0.2) is 21.5 Å². The second-order valence-electron chi connectivity index (χ2n) is 4.51. The van der Waals surface area contributed by atoms with E-state index >= 15 is 0 Å². The number of hydrogen-bond acceptors (Lipinski definition) is 4. The minimum absolute atomic E-state index is 0.0507. The Morgan fingerprint density at radius 1 is 1.50 bits per heavy atom. The summed E-state index contributed by atoms with van der Waals surface area (Å²) in [6.45, 7) is 0.602. The Bertz CT molecular complexity index is 627. The number of non-ortho nitro benzene ring substituents is 1. The van der Waals surface area contributed by atoms with Crippen molar-refractivity contribution in [2.75, 3.05) is 11.9 Å². The molecule has 0 unspecified atom stereocenters. The molecular formula is C13H15ClN4O2. The zero-order valence-corrected chi connectivity index (χ0v) is 12.0. The van der Waals surface area contributed by atoms with Crippen molar-refractivity contribution < 1.29 is 4.92 Å². The number of nitrogens with zero attached hydrogens (tertiary/aromatic N) is 4. The van der Waals surface area contributed by atoms with Gasteiger partial charge in [-0.3, -0.25) is 10.1 Å². The van der Waals surface area contributed by atoms with Crippen LogP contribution in [0.4, 0.5) is 11.4 Å². The summed E-state index contributed by atoms with van der Waals surface area (Å²) in [6, 6.07) is 4.72. The highest BCUT2D eigenvalue weighted by atomic mass is 35.5. The van der Waals surface area contributed by atoms with Crippen LogP contribution in [0.1, 0.15) is 11.4 Å². The standard InChI is InChI=1S/C13H15ClN4O2/c1-16-6-5-15-13(16)9-17(2)12-4-3-11(18(19)20)7-10(12)8-14/h3-7H,8-9H2,1-2H3. The molecule has 0 radical (unpaired) electrons. The Labute approximate surface area is 121 Å². The van der Waals surface area contributed by atoms with Gasteiger partial charge in [0.2, 0.25) is 0 Å². The van der Waals surface area contributed by atoms with Gasteiger partial charge < -0.3 is 9.47 Å². The molecule has 0 saturated heterocycles. The Hall–Kier alpha value is -2.08. The van der Waals surface area contributed by atoms with Crippen molar-refractivity contribution in [2.24, 2.45) is 7.05 Å². The number of anilines is 1. The molecule has 2 rings (SSSR count). The van der Waals surface area contributed by atoms with Crippen LogP contribution in [0.5, 0.6) is 0 Å². The maximum atomic E-state index is 10.8. The van der Waals surface area contributed by atoms with Crippen LogP contribution < -0.4 is 4.90 Å². The highest BCUT2D eigenvalue weighted by Crippen LogP contribution is 2.27. The van der Waals surface area contributed by atoms with Crippen LogP contribution in [-0.2, 0) is 19.5 Å². The van der Waals surface area contributed by atoms with Crippen molar-refractivity contribution in [3.05, 3.63) is 52.1 Å². The molecule has 0 aliphatic rings. The highest BCUT2D eigenvalue weighted by molar-refractivity contribution is 6.17.